The van der Waals surface area contributed by atoms with Crippen molar-refractivity contribution < 1.29 is 27.6 Å². The maximum Gasteiger partial charge on any atom is 0.269 e. The predicted octanol–water partition coefficient (Wildman–Crippen LogP) is 3.03. The lowest BCUT2D eigenvalue weighted by molar-refractivity contribution is -0.385. The average Bonchev–Trinajstić information content (AvgIpc) is 2.64. The van der Waals surface area contributed by atoms with Crippen LogP contribution < -0.4 is 0 Å². The van der Waals surface area contributed by atoms with E-state index in [0.717, 1.165) is 6.26 Å². The van der Waals surface area contributed by atoms with E-state index >= 15 is 0 Å². The molecule has 0 saturated carbocycles. The summed E-state index contributed by atoms with van der Waals surface area (Å²) in [6.45, 7) is 0. The molecule has 0 aliphatic heterocycles. The van der Waals surface area contributed by atoms with Crippen molar-refractivity contribution in [2.75, 3.05) is 6.26 Å². The van der Waals surface area contributed by atoms with Gasteiger partial charge in [0.2, 0.25) is 0 Å². The van der Waals surface area contributed by atoms with Gasteiger partial charge >= 0.3 is 0 Å². The molecular formula is C17H18N2O8S. The van der Waals surface area contributed by atoms with E-state index in [4.69, 9.17) is 4.18 Å². The molecule has 2 atom stereocenters. The Kier molecular flexibility index (Phi) is 6.78. The summed E-state index contributed by atoms with van der Waals surface area (Å²) in [5.41, 5.74) is 0.590. The fourth-order valence-corrected chi connectivity index (χ4v) is 3.22. The van der Waals surface area contributed by atoms with E-state index in [2.05, 4.69) is 0 Å². The van der Waals surface area contributed by atoms with Crippen LogP contribution in [0.15, 0.2) is 48.5 Å². The molecule has 28 heavy (non-hydrogen) atoms. The molecule has 0 saturated heterocycles. The first-order chi connectivity index (χ1) is 13.1. The lowest BCUT2D eigenvalue weighted by Crippen LogP contribution is -2.12. The van der Waals surface area contributed by atoms with E-state index < -0.39 is 32.2 Å². The first kappa shape index (κ1) is 21.4. The first-order valence-corrected chi connectivity index (χ1v) is 9.93. The minimum absolute atomic E-state index is 0.100. The average molecular weight is 410 g/mol. The van der Waals surface area contributed by atoms with Crippen LogP contribution in [0.1, 0.15) is 36.2 Å². The molecule has 11 heteroatoms. The molecule has 0 spiro atoms. The number of benzene rings is 2. The summed E-state index contributed by atoms with van der Waals surface area (Å²) >= 11 is 0. The van der Waals surface area contributed by atoms with Gasteiger partial charge in [-0.2, -0.15) is 8.42 Å². The van der Waals surface area contributed by atoms with Gasteiger partial charge in [-0.05, 0) is 48.2 Å². The molecule has 0 aliphatic carbocycles. The molecule has 2 aromatic carbocycles. The summed E-state index contributed by atoms with van der Waals surface area (Å²) < 4.78 is 28.2. The van der Waals surface area contributed by atoms with Gasteiger partial charge in [0.1, 0.15) is 6.10 Å². The Bertz CT molecular complexity index is 942. The second-order valence-corrected chi connectivity index (χ2v) is 7.68. The molecule has 0 unspecified atom stereocenters. The molecule has 10 nitrogen and oxygen atoms in total. The monoisotopic (exact) mass is 410 g/mol. The van der Waals surface area contributed by atoms with Crippen molar-refractivity contribution in [2.24, 2.45) is 0 Å². The van der Waals surface area contributed by atoms with Crippen molar-refractivity contribution in [2.45, 2.75) is 25.0 Å². The first-order valence-electron chi connectivity index (χ1n) is 8.12. The van der Waals surface area contributed by atoms with Crippen molar-refractivity contribution in [1.82, 2.24) is 0 Å². The standard InChI is InChI=1S/C17H18N2O8S/c1-28(25,26)27-17(13-4-8-15(9-5-13)19(23)24)11-10-16(20)12-2-6-14(7-3-12)18(21)22/h2-9,16-17,20H,10-11H2,1H3/t16-,17+/m1/s1. The van der Waals surface area contributed by atoms with Crippen molar-refractivity contribution in [3.05, 3.63) is 79.9 Å². The molecule has 0 aromatic heterocycles. The number of non-ortho nitro benzene ring substituents is 2. The third-order valence-corrected chi connectivity index (χ3v) is 4.54. The number of nitro benzene ring substituents is 2. The number of hydrogen-bond donors (Lipinski definition) is 1. The Morgan fingerprint density at radius 1 is 0.893 bits per heavy atom. The lowest BCUT2D eigenvalue weighted by Gasteiger charge is -2.19. The topological polar surface area (TPSA) is 150 Å². The highest BCUT2D eigenvalue weighted by Gasteiger charge is 2.21. The van der Waals surface area contributed by atoms with Crippen LogP contribution in [0.4, 0.5) is 11.4 Å². The zero-order valence-corrected chi connectivity index (χ0v) is 15.6. The molecule has 0 heterocycles. The van der Waals surface area contributed by atoms with Crippen LogP contribution in [0.25, 0.3) is 0 Å². The summed E-state index contributed by atoms with van der Waals surface area (Å²) in [7, 11) is -3.82. The molecule has 2 rings (SSSR count). The quantitative estimate of drug-likeness (QED) is 0.376. The number of aliphatic hydroxyl groups is 1. The van der Waals surface area contributed by atoms with E-state index in [1.54, 1.807) is 0 Å². The minimum Gasteiger partial charge on any atom is -0.388 e. The summed E-state index contributed by atoms with van der Waals surface area (Å²) in [4.78, 5) is 20.3. The van der Waals surface area contributed by atoms with E-state index in [1.807, 2.05) is 0 Å². The molecule has 0 fully saturated rings. The second kappa shape index (κ2) is 8.87. The zero-order valence-electron chi connectivity index (χ0n) is 14.8. The van der Waals surface area contributed by atoms with Crippen molar-refractivity contribution in [1.29, 1.82) is 0 Å². The smallest absolute Gasteiger partial charge is 0.269 e. The predicted molar refractivity (Wildman–Crippen MR) is 99.1 cm³/mol. The van der Waals surface area contributed by atoms with Crippen LogP contribution in [0, 0.1) is 20.2 Å². The number of aliphatic hydroxyl groups excluding tert-OH is 1. The summed E-state index contributed by atoms with van der Waals surface area (Å²) in [6, 6.07) is 10.6. The minimum atomic E-state index is -3.82. The maximum absolute atomic E-state index is 11.5. The second-order valence-electron chi connectivity index (χ2n) is 6.08. The molecule has 150 valence electrons. The van der Waals surface area contributed by atoms with Crippen LogP contribution >= 0.6 is 0 Å². The van der Waals surface area contributed by atoms with E-state index in [-0.39, 0.29) is 24.2 Å². The van der Waals surface area contributed by atoms with Gasteiger partial charge in [-0.15, -0.1) is 0 Å². The van der Waals surface area contributed by atoms with Crippen LogP contribution in [0.3, 0.4) is 0 Å². The van der Waals surface area contributed by atoms with Gasteiger partial charge in [0.05, 0.1) is 22.2 Å². The third-order valence-electron chi connectivity index (χ3n) is 3.96. The Morgan fingerprint density at radius 2 is 1.32 bits per heavy atom. The Labute approximate surface area is 160 Å². The molecule has 1 N–H and O–H groups in total. The SMILES string of the molecule is CS(=O)(=O)O[C@@H](CC[C@@H](O)c1ccc([N+](=O)[O-])cc1)c1ccc([N+](=O)[O-])cc1. The van der Waals surface area contributed by atoms with Crippen LogP contribution in [0.2, 0.25) is 0 Å². The molecule has 2 aromatic rings. The Morgan fingerprint density at radius 3 is 1.71 bits per heavy atom. The number of nitro groups is 2. The molecule has 0 amide bonds. The summed E-state index contributed by atoms with van der Waals surface area (Å²) in [5, 5.41) is 31.7. The normalized spacial score (nSPS) is 13.6. The van der Waals surface area contributed by atoms with Crippen LogP contribution in [0.5, 0.6) is 0 Å². The van der Waals surface area contributed by atoms with Gasteiger partial charge in [0.25, 0.3) is 21.5 Å². The van der Waals surface area contributed by atoms with Crippen LogP contribution in [-0.2, 0) is 14.3 Å². The highest BCUT2D eigenvalue weighted by molar-refractivity contribution is 7.86. The Balaban J connectivity index is 2.13. The molecule has 0 bridgehead atoms. The van der Waals surface area contributed by atoms with Crippen molar-refractivity contribution in [3.8, 4) is 0 Å². The van der Waals surface area contributed by atoms with E-state index in [0.29, 0.717) is 11.1 Å². The van der Waals surface area contributed by atoms with Gasteiger partial charge in [0, 0.05) is 24.3 Å². The van der Waals surface area contributed by atoms with Crippen LogP contribution in [-0.4, -0.2) is 29.6 Å². The molecular weight excluding hydrogens is 392 g/mol. The van der Waals surface area contributed by atoms with Crippen molar-refractivity contribution in [3.63, 3.8) is 0 Å². The van der Waals surface area contributed by atoms with Crippen molar-refractivity contribution >= 4 is 21.5 Å². The van der Waals surface area contributed by atoms with Gasteiger partial charge in [-0.25, -0.2) is 0 Å². The largest absolute Gasteiger partial charge is 0.388 e. The van der Waals surface area contributed by atoms with E-state index in [1.165, 1.54) is 48.5 Å². The molecule has 0 radical (unpaired) electrons. The summed E-state index contributed by atoms with van der Waals surface area (Å²) in [5.74, 6) is 0. The number of nitrogens with zero attached hydrogens (tertiary/aromatic N) is 2. The van der Waals surface area contributed by atoms with Gasteiger partial charge in [0.15, 0.2) is 0 Å². The fraction of sp³-hybridized carbons (Fsp3) is 0.294. The Hall–Kier alpha value is -2.89. The fourth-order valence-electron chi connectivity index (χ4n) is 2.59. The summed E-state index contributed by atoms with van der Waals surface area (Å²) in [6.07, 6.45) is -0.844. The van der Waals surface area contributed by atoms with Gasteiger partial charge in [-0.3, -0.25) is 24.4 Å². The molecule has 0 aliphatic rings. The maximum atomic E-state index is 11.5. The van der Waals surface area contributed by atoms with E-state index in [9.17, 15) is 33.8 Å². The lowest BCUT2D eigenvalue weighted by atomic mass is 9.99. The zero-order chi connectivity index (χ0) is 20.9. The number of rotatable bonds is 9. The third kappa shape index (κ3) is 6.08. The highest BCUT2D eigenvalue weighted by atomic mass is 32.2. The highest BCUT2D eigenvalue weighted by Crippen LogP contribution is 2.30. The van der Waals surface area contributed by atoms with Gasteiger partial charge in [-0.1, -0.05) is 0 Å². The number of hydrogen-bond acceptors (Lipinski definition) is 8. The van der Waals surface area contributed by atoms with Gasteiger partial charge < -0.3 is 5.11 Å².